The highest BCUT2D eigenvalue weighted by Crippen LogP contribution is 2.42. The van der Waals surface area contributed by atoms with Crippen molar-refractivity contribution in [1.82, 2.24) is 0 Å². The molecule has 1 aromatic carbocycles. The van der Waals surface area contributed by atoms with Crippen LogP contribution < -0.4 is 14.8 Å². The van der Waals surface area contributed by atoms with Crippen LogP contribution in [0.3, 0.4) is 0 Å². The molecule has 6 nitrogen and oxygen atoms in total. The van der Waals surface area contributed by atoms with E-state index in [2.05, 4.69) is 5.32 Å². The lowest BCUT2D eigenvalue weighted by atomic mass is 10.1. The third-order valence-electron chi connectivity index (χ3n) is 2.86. The molecule has 0 unspecified atom stereocenters. The lowest BCUT2D eigenvalue weighted by Crippen LogP contribution is -2.28. The minimum Gasteiger partial charge on any atom is -0.486 e. The van der Waals surface area contributed by atoms with Gasteiger partial charge in [0.2, 0.25) is 0 Å². The second-order valence-electron chi connectivity index (χ2n) is 5.74. The first-order valence-electron chi connectivity index (χ1n) is 6.70. The van der Waals surface area contributed by atoms with E-state index >= 15 is 0 Å². The Kier molecular flexibility index (Phi) is 4.06. The van der Waals surface area contributed by atoms with Gasteiger partial charge in [0.25, 0.3) is 0 Å². The van der Waals surface area contributed by atoms with E-state index in [-0.39, 0.29) is 0 Å². The number of fused-ring (bicyclic) bond motifs is 1. The maximum Gasteiger partial charge on any atom is 0.412 e. The molecule has 0 bridgehead atoms. The lowest BCUT2D eigenvalue weighted by Gasteiger charge is -2.25. The number of ether oxygens (including phenoxy) is 3. The van der Waals surface area contributed by atoms with E-state index in [9.17, 15) is 9.59 Å². The van der Waals surface area contributed by atoms with Gasteiger partial charge in [-0.3, -0.25) is 10.1 Å². The Hall–Kier alpha value is -2.24. The highest BCUT2D eigenvalue weighted by molar-refractivity contribution is 5.92. The zero-order valence-electron chi connectivity index (χ0n) is 12.6. The molecule has 1 amide bonds. The topological polar surface area (TPSA) is 73.9 Å². The Morgan fingerprint density at radius 1 is 1.29 bits per heavy atom. The average molecular weight is 293 g/mol. The number of carbonyl (C=O) groups is 2. The van der Waals surface area contributed by atoms with Crippen LogP contribution in [0.25, 0.3) is 0 Å². The Labute approximate surface area is 123 Å². The van der Waals surface area contributed by atoms with Crippen molar-refractivity contribution in [1.29, 1.82) is 0 Å². The van der Waals surface area contributed by atoms with Crippen molar-refractivity contribution in [3.05, 3.63) is 17.2 Å². The van der Waals surface area contributed by atoms with E-state index in [4.69, 9.17) is 14.2 Å². The number of amides is 1. The second kappa shape index (κ2) is 5.63. The quantitative estimate of drug-likeness (QED) is 0.849. The molecule has 0 radical (unpaired) electrons. The summed E-state index contributed by atoms with van der Waals surface area (Å²) in [6.45, 7) is 7.88. The van der Waals surface area contributed by atoms with Crippen LogP contribution in [0, 0.1) is 6.92 Å². The number of hydrogen-bond acceptors (Lipinski definition) is 5. The summed E-state index contributed by atoms with van der Waals surface area (Å²) in [5.41, 5.74) is 0.881. The van der Waals surface area contributed by atoms with E-state index in [0.29, 0.717) is 47.8 Å². The molecule has 0 saturated carbocycles. The predicted octanol–water partition coefficient (Wildman–Crippen LogP) is 2.93. The highest BCUT2D eigenvalue weighted by atomic mass is 16.6. The molecule has 0 fully saturated rings. The van der Waals surface area contributed by atoms with Crippen LogP contribution in [-0.4, -0.2) is 31.2 Å². The smallest absolute Gasteiger partial charge is 0.412 e. The minimum atomic E-state index is -0.612. The maximum absolute atomic E-state index is 11.9. The van der Waals surface area contributed by atoms with E-state index in [1.165, 1.54) is 0 Å². The second-order valence-corrected chi connectivity index (χ2v) is 5.74. The maximum atomic E-state index is 11.9. The van der Waals surface area contributed by atoms with Crippen LogP contribution in [-0.2, 0) is 4.74 Å². The van der Waals surface area contributed by atoms with Gasteiger partial charge in [-0.15, -0.1) is 0 Å². The van der Waals surface area contributed by atoms with Crippen LogP contribution in [0.5, 0.6) is 11.5 Å². The van der Waals surface area contributed by atoms with E-state index < -0.39 is 11.7 Å². The average Bonchev–Trinajstić information content (AvgIpc) is 2.40. The number of nitrogens with one attached hydrogen (secondary N) is 1. The molecule has 1 aliphatic rings. The predicted molar refractivity (Wildman–Crippen MR) is 77.4 cm³/mol. The first-order valence-corrected chi connectivity index (χ1v) is 6.70. The summed E-state index contributed by atoms with van der Waals surface area (Å²) in [4.78, 5) is 23.0. The fraction of sp³-hybridized carbons (Fsp3) is 0.467. The monoisotopic (exact) mass is 293 g/mol. The molecule has 0 aromatic heterocycles. The number of hydrogen-bond donors (Lipinski definition) is 1. The van der Waals surface area contributed by atoms with Gasteiger partial charge in [0.1, 0.15) is 18.8 Å². The molecule has 0 aliphatic carbocycles. The number of carbonyl (C=O) groups excluding carboxylic acids is 2. The van der Waals surface area contributed by atoms with Crippen LogP contribution in [0.4, 0.5) is 10.5 Å². The Bertz CT molecular complexity index is 574. The SMILES string of the molecule is Cc1c(C=O)cc(NC(=O)OC(C)(C)C)c2c1OCCO2. The zero-order valence-corrected chi connectivity index (χ0v) is 12.6. The van der Waals surface area contributed by atoms with Crippen LogP contribution >= 0.6 is 0 Å². The van der Waals surface area contributed by atoms with Crippen LogP contribution in [0.15, 0.2) is 6.07 Å². The van der Waals surface area contributed by atoms with Gasteiger partial charge in [0.15, 0.2) is 17.8 Å². The Balaban J connectivity index is 2.35. The van der Waals surface area contributed by atoms with Crippen LogP contribution in [0.1, 0.15) is 36.7 Å². The van der Waals surface area contributed by atoms with Gasteiger partial charge in [-0.1, -0.05) is 0 Å². The molecule has 2 rings (SSSR count). The van der Waals surface area contributed by atoms with E-state index in [1.807, 2.05) is 0 Å². The Morgan fingerprint density at radius 2 is 1.90 bits per heavy atom. The van der Waals surface area contributed by atoms with Gasteiger partial charge < -0.3 is 14.2 Å². The van der Waals surface area contributed by atoms with Gasteiger partial charge in [-0.2, -0.15) is 0 Å². The van der Waals surface area contributed by atoms with Gasteiger partial charge in [-0.05, 0) is 33.8 Å². The van der Waals surface area contributed by atoms with Gasteiger partial charge in [-0.25, -0.2) is 4.79 Å². The number of aldehydes is 1. The largest absolute Gasteiger partial charge is 0.486 e. The van der Waals surface area contributed by atoms with Crippen LogP contribution in [0.2, 0.25) is 0 Å². The van der Waals surface area contributed by atoms with Crippen molar-refractivity contribution >= 4 is 18.1 Å². The minimum absolute atomic E-state index is 0.367. The molecule has 6 heteroatoms. The fourth-order valence-corrected chi connectivity index (χ4v) is 1.99. The third-order valence-corrected chi connectivity index (χ3v) is 2.86. The molecule has 1 heterocycles. The highest BCUT2D eigenvalue weighted by Gasteiger charge is 2.24. The van der Waals surface area contributed by atoms with Gasteiger partial charge >= 0.3 is 6.09 Å². The van der Waals surface area contributed by atoms with E-state index in [1.54, 1.807) is 33.8 Å². The molecule has 21 heavy (non-hydrogen) atoms. The molecule has 0 saturated heterocycles. The van der Waals surface area contributed by atoms with Crippen molar-refractivity contribution in [2.45, 2.75) is 33.3 Å². The summed E-state index contributed by atoms with van der Waals surface area (Å²) >= 11 is 0. The molecular formula is C15H19NO5. The summed E-state index contributed by atoms with van der Waals surface area (Å²) in [7, 11) is 0. The third kappa shape index (κ3) is 3.45. The molecule has 1 N–H and O–H groups in total. The summed E-state index contributed by atoms with van der Waals surface area (Å²) < 4.78 is 16.3. The summed E-state index contributed by atoms with van der Waals surface area (Å²) in [5.74, 6) is 0.909. The number of benzene rings is 1. The van der Waals surface area contributed by atoms with Crippen molar-refractivity contribution in [3.63, 3.8) is 0 Å². The molecule has 1 aromatic rings. The van der Waals surface area contributed by atoms with Gasteiger partial charge in [0, 0.05) is 11.1 Å². The lowest BCUT2D eigenvalue weighted by molar-refractivity contribution is 0.0634. The number of anilines is 1. The molecule has 114 valence electrons. The summed E-state index contributed by atoms with van der Waals surface area (Å²) in [5, 5.41) is 2.60. The van der Waals surface area contributed by atoms with E-state index in [0.717, 1.165) is 0 Å². The fourth-order valence-electron chi connectivity index (χ4n) is 1.99. The molecule has 1 aliphatic heterocycles. The standard InChI is InChI=1S/C15H19NO5/c1-9-10(8-17)7-11(13-12(9)19-5-6-20-13)16-14(18)21-15(2,3)4/h7-8H,5-6H2,1-4H3,(H,16,18). The molecular weight excluding hydrogens is 274 g/mol. The van der Waals surface area contributed by atoms with Crippen molar-refractivity contribution in [2.75, 3.05) is 18.5 Å². The molecule has 0 spiro atoms. The zero-order chi connectivity index (χ0) is 15.6. The van der Waals surface area contributed by atoms with Crippen molar-refractivity contribution < 1.29 is 23.8 Å². The normalized spacial score (nSPS) is 13.5. The first kappa shape index (κ1) is 15.2. The summed E-state index contributed by atoms with van der Waals surface area (Å²) in [6.07, 6.45) is 0.105. The Morgan fingerprint density at radius 3 is 2.48 bits per heavy atom. The molecule has 0 atom stereocenters. The van der Waals surface area contributed by atoms with Crippen molar-refractivity contribution in [2.24, 2.45) is 0 Å². The first-order chi connectivity index (χ1) is 9.81. The van der Waals surface area contributed by atoms with Gasteiger partial charge in [0.05, 0.1) is 5.69 Å². The number of rotatable bonds is 2. The summed E-state index contributed by atoms with van der Waals surface area (Å²) in [6, 6.07) is 1.56. The van der Waals surface area contributed by atoms with Crippen molar-refractivity contribution in [3.8, 4) is 11.5 Å².